The topological polar surface area (TPSA) is 56.2 Å². The molecule has 34 heavy (non-hydrogen) atoms. The fraction of sp³-hybridized carbons (Fsp3) is 0.231. The highest BCUT2D eigenvalue weighted by molar-refractivity contribution is 5.83. The van der Waals surface area contributed by atoms with Gasteiger partial charge >= 0.3 is 6.18 Å². The average Bonchev–Trinajstić information content (AvgIpc) is 2.79. The number of nitrogens with zero attached hydrogens (tertiary/aromatic N) is 2. The van der Waals surface area contributed by atoms with E-state index in [-0.39, 0.29) is 24.2 Å². The summed E-state index contributed by atoms with van der Waals surface area (Å²) in [6, 6.07) is 11.0. The summed E-state index contributed by atoms with van der Waals surface area (Å²) in [5, 5.41) is 2.62. The number of ether oxygens (including phenoxy) is 1. The van der Waals surface area contributed by atoms with Gasteiger partial charge in [-0.25, -0.2) is 0 Å². The minimum atomic E-state index is -4.75. The summed E-state index contributed by atoms with van der Waals surface area (Å²) in [6.45, 7) is 11.4. The second kappa shape index (κ2) is 11.9. The van der Waals surface area contributed by atoms with Gasteiger partial charge in [-0.05, 0) is 32.9 Å². The fourth-order valence-corrected chi connectivity index (χ4v) is 3.17. The highest BCUT2D eigenvalue weighted by Crippen LogP contribution is 2.36. The van der Waals surface area contributed by atoms with E-state index in [2.05, 4.69) is 23.5 Å². The Bertz CT molecular complexity index is 1210. The predicted octanol–water partition coefficient (Wildman–Crippen LogP) is 6.88. The molecule has 5 nitrogen and oxygen atoms in total. The lowest BCUT2D eigenvalue weighted by atomic mass is 10.1. The SMILES string of the molecule is C/C=C\C=C/Cn1c(Nc2ccccc2)cc(=O)c2c(C(F)(F)F)cc(OC(C)C)nc21.C=C. The summed E-state index contributed by atoms with van der Waals surface area (Å²) in [7, 11) is 0. The first-order chi connectivity index (χ1) is 16.2. The summed E-state index contributed by atoms with van der Waals surface area (Å²) in [6.07, 6.45) is 2.04. The average molecular weight is 472 g/mol. The standard InChI is InChI=1S/C24H24F3N3O2.C2H4/c1-4-5-6-10-13-30-20(28-17-11-8-7-9-12-17)15-19(31)22-18(24(25,26)27)14-21(29-23(22)30)32-16(2)3;1-2/h4-12,14-16,28H,13H2,1-3H3;1-2H2/b5-4-,10-6-;. The van der Waals surface area contributed by atoms with Crippen molar-refractivity contribution in [2.45, 2.75) is 39.6 Å². The van der Waals surface area contributed by atoms with E-state index in [1.54, 1.807) is 44.2 Å². The molecule has 0 saturated heterocycles. The zero-order valence-corrected chi connectivity index (χ0v) is 19.4. The summed E-state index contributed by atoms with van der Waals surface area (Å²) in [5.41, 5.74) is -1.27. The molecule has 0 fully saturated rings. The van der Waals surface area contributed by atoms with E-state index >= 15 is 0 Å². The number of aromatic nitrogens is 2. The Balaban J connectivity index is 0.00000199. The van der Waals surface area contributed by atoms with Gasteiger partial charge in [0, 0.05) is 24.4 Å². The zero-order valence-electron chi connectivity index (χ0n) is 19.4. The van der Waals surface area contributed by atoms with Gasteiger partial charge in [-0.1, -0.05) is 42.5 Å². The molecule has 1 N–H and O–H groups in total. The lowest BCUT2D eigenvalue weighted by molar-refractivity contribution is -0.136. The van der Waals surface area contributed by atoms with Crippen LogP contribution < -0.4 is 15.5 Å². The van der Waals surface area contributed by atoms with Gasteiger partial charge in [0.25, 0.3) is 0 Å². The van der Waals surface area contributed by atoms with Gasteiger partial charge in [0.2, 0.25) is 5.88 Å². The highest BCUT2D eigenvalue weighted by atomic mass is 19.4. The molecule has 0 saturated carbocycles. The summed E-state index contributed by atoms with van der Waals surface area (Å²) >= 11 is 0. The van der Waals surface area contributed by atoms with Crippen LogP contribution >= 0.6 is 0 Å². The lowest BCUT2D eigenvalue weighted by Crippen LogP contribution is -2.20. The molecule has 0 aliphatic rings. The number of halogens is 3. The molecule has 0 aliphatic carbocycles. The second-order valence-corrected chi connectivity index (χ2v) is 7.32. The van der Waals surface area contributed by atoms with Crippen LogP contribution in [0.3, 0.4) is 0 Å². The molecule has 8 heteroatoms. The van der Waals surface area contributed by atoms with E-state index in [1.165, 1.54) is 10.6 Å². The highest BCUT2D eigenvalue weighted by Gasteiger charge is 2.36. The third-order valence-electron chi connectivity index (χ3n) is 4.47. The van der Waals surface area contributed by atoms with Crippen LogP contribution in [0.2, 0.25) is 0 Å². The predicted molar refractivity (Wildman–Crippen MR) is 132 cm³/mol. The third kappa shape index (κ3) is 6.60. The van der Waals surface area contributed by atoms with Gasteiger partial charge in [-0.15, -0.1) is 13.2 Å². The van der Waals surface area contributed by atoms with Gasteiger partial charge < -0.3 is 14.6 Å². The van der Waals surface area contributed by atoms with Crippen molar-refractivity contribution >= 4 is 22.5 Å². The molecule has 0 radical (unpaired) electrons. The number of fused-ring (bicyclic) bond motifs is 1. The lowest BCUT2D eigenvalue weighted by Gasteiger charge is -2.20. The molecule has 2 heterocycles. The third-order valence-corrected chi connectivity index (χ3v) is 4.47. The smallest absolute Gasteiger partial charge is 0.417 e. The van der Waals surface area contributed by atoms with E-state index in [4.69, 9.17) is 4.74 Å². The largest absolute Gasteiger partial charge is 0.475 e. The van der Waals surface area contributed by atoms with Crippen molar-refractivity contribution < 1.29 is 17.9 Å². The summed E-state index contributed by atoms with van der Waals surface area (Å²) < 4.78 is 48.6. The number of rotatable bonds is 7. The molecule has 0 aliphatic heterocycles. The van der Waals surface area contributed by atoms with Gasteiger partial charge in [-0.3, -0.25) is 4.79 Å². The van der Waals surface area contributed by atoms with Crippen LogP contribution in [0.5, 0.6) is 5.88 Å². The number of alkyl halides is 3. The van der Waals surface area contributed by atoms with Gasteiger partial charge in [-0.2, -0.15) is 18.2 Å². The number of anilines is 2. The van der Waals surface area contributed by atoms with Crippen molar-refractivity contribution in [3.63, 3.8) is 0 Å². The maximum Gasteiger partial charge on any atom is 0.417 e. The molecule has 3 rings (SSSR count). The molecule has 0 spiro atoms. The molecule has 0 atom stereocenters. The van der Waals surface area contributed by atoms with Gasteiger partial charge in [0.1, 0.15) is 11.5 Å². The molecule has 2 aromatic heterocycles. The monoisotopic (exact) mass is 471 g/mol. The molecule has 0 amide bonds. The Labute approximate surface area is 196 Å². The Hall–Kier alpha value is -3.81. The summed E-state index contributed by atoms with van der Waals surface area (Å²) in [4.78, 5) is 17.2. The molecule has 3 aromatic rings. The van der Waals surface area contributed by atoms with Crippen LogP contribution in [0.25, 0.3) is 11.0 Å². The van der Waals surface area contributed by atoms with Gasteiger partial charge in [0.15, 0.2) is 5.43 Å². The molecular weight excluding hydrogens is 443 g/mol. The van der Waals surface area contributed by atoms with E-state index in [0.717, 1.165) is 6.07 Å². The number of para-hydroxylation sites is 1. The Morgan fingerprint density at radius 1 is 1.15 bits per heavy atom. The zero-order chi connectivity index (χ0) is 25.3. The van der Waals surface area contributed by atoms with E-state index in [9.17, 15) is 18.0 Å². The number of pyridine rings is 2. The Morgan fingerprint density at radius 2 is 1.82 bits per heavy atom. The van der Waals surface area contributed by atoms with Crippen LogP contribution in [0, 0.1) is 0 Å². The minimum Gasteiger partial charge on any atom is -0.475 e. The number of hydrogen-bond donors (Lipinski definition) is 1. The van der Waals surface area contributed by atoms with Crippen molar-refractivity contribution in [3.05, 3.63) is 95.7 Å². The van der Waals surface area contributed by atoms with Crippen molar-refractivity contribution in [1.29, 1.82) is 0 Å². The Morgan fingerprint density at radius 3 is 2.41 bits per heavy atom. The first kappa shape index (κ1) is 26.4. The first-order valence-corrected chi connectivity index (χ1v) is 10.6. The van der Waals surface area contributed by atoms with Crippen molar-refractivity contribution in [2.75, 3.05) is 5.32 Å². The normalized spacial score (nSPS) is 11.7. The number of nitrogens with one attached hydrogen (secondary N) is 1. The molecule has 1 aromatic carbocycles. The van der Waals surface area contributed by atoms with Crippen LogP contribution in [0.4, 0.5) is 24.7 Å². The first-order valence-electron chi connectivity index (χ1n) is 10.6. The van der Waals surface area contributed by atoms with E-state index < -0.39 is 22.6 Å². The number of benzene rings is 1. The number of hydrogen-bond acceptors (Lipinski definition) is 4. The molecule has 0 bridgehead atoms. The van der Waals surface area contributed by atoms with Crippen molar-refractivity contribution in [3.8, 4) is 5.88 Å². The van der Waals surface area contributed by atoms with Crippen molar-refractivity contribution in [2.24, 2.45) is 0 Å². The molecule has 180 valence electrons. The van der Waals surface area contributed by atoms with Crippen LogP contribution in [-0.4, -0.2) is 15.7 Å². The van der Waals surface area contributed by atoms with E-state index in [0.29, 0.717) is 11.5 Å². The maximum atomic E-state index is 13.9. The second-order valence-electron chi connectivity index (χ2n) is 7.32. The summed E-state index contributed by atoms with van der Waals surface area (Å²) in [5.74, 6) is 0.128. The maximum absolute atomic E-state index is 13.9. The van der Waals surface area contributed by atoms with Crippen LogP contribution in [-0.2, 0) is 12.7 Å². The van der Waals surface area contributed by atoms with Crippen LogP contribution in [0.15, 0.2) is 84.7 Å². The van der Waals surface area contributed by atoms with Gasteiger partial charge in [0.05, 0.1) is 17.1 Å². The van der Waals surface area contributed by atoms with Crippen molar-refractivity contribution in [1.82, 2.24) is 9.55 Å². The fourth-order valence-electron chi connectivity index (χ4n) is 3.17. The Kier molecular flexibility index (Phi) is 9.24. The molecular formula is C26H28F3N3O2. The quantitative estimate of drug-likeness (QED) is 0.301. The molecule has 0 unspecified atom stereocenters. The van der Waals surface area contributed by atoms with Crippen LogP contribution in [0.1, 0.15) is 26.3 Å². The minimum absolute atomic E-state index is 0.105. The van der Waals surface area contributed by atoms with E-state index in [1.807, 2.05) is 31.2 Å². The number of allylic oxidation sites excluding steroid dienone is 4.